The fraction of sp³-hybridized carbons (Fsp3) is 0.400. The molecule has 0 bridgehead atoms. The van der Waals surface area contributed by atoms with Gasteiger partial charge in [-0.1, -0.05) is 19.1 Å². The number of aromatic nitrogens is 1. The van der Waals surface area contributed by atoms with Crippen molar-refractivity contribution in [3.8, 4) is 0 Å². The molecule has 2 heterocycles. The van der Waals surface area contributed by atoms with Crippen molar-refractivity contribution in [2.45, 2.75) is 20.3 Å². The molecule has 5 nitrogen and oxygen atoms in total. The van der Waals surface area contributed by atoms with Crippen LogP contribution >= 0.6 is 0 Å². The Morgan fingerprint density at radius 3 is 1.92 bits per heavy atom. The van der Waals surface area contributed by atoms with Gasteiger partial charge in [0.05, 0.1) is 0 Å². The Hall–Kier alpha value is -2.56. The SMILES string of the molecule is CCc1ccc(C(=O)N2CCN(C(=O)c3ccc(C)n3C)CC2)cc1. The summed E-state index contributed by atoms with van der Waals surface area (Å²) in [5.74, 6) is 0.0828. The van der Waals surface area contributed by atoms with E-state index in [1.165, 1.54) is 5.56 Å². The third kappa shape index (κ3) is 3.45. The minimum Gasteiger partial charge on any atom is -0.344 e. The second-order valence-corrected chi connectivity index (χ2v) is 6.55. The highest BCUT2D eigenvalue weighted by Crippen LogP contribution is 2.14. The molecule has 3 rings (SSSR count). The smallest absolute Gasteiger partial charge is 0.270 e. The first-order valence-electron chi connectivity index (χ1n) is 8.81. The van der Waals surface area contributed by atoms with Crippen LogP contribution in [0.25, 0.3) is 0 Å². The monoisotopic (exact) mass is 339 g/mol. The van der Waals surface area contributed by atoms with E-state index in [-0.39, 0.29) is 11.8 Å². The van der Waals surface area contributed by atoms with Gasteiger partial charge in [-0.15, -0.1) is 0 Å². The molecular weight excluding hydrogens is 314 g/mol. The number of rotatable bonds is 3. The van der Waals surface area contributed by atoms with Gasteiger partial charge >= 0.3 is 0 Å². The number of aryl methyl sites for hydroxylation is 2. The number of hydrogen-bond donors (Lipinski definition) is 0. The van der Waals surface area contributed by atoms with Crippen molar-refractivity contribution in [3.05, 3.63) is 58.9 Å². The first kappa shape index (κ1) is 17.3. The van der Waals surface area contributed by atoms with Gasteiger partial charge in [-0.2, -0.15) is 0 Å². The number of carbonyl (C=O) groups is 2. The lowest BCUT2D eigenvalue weighted by molar-refractivity contribution is 0.0530. The highest BCUT2D eigenvalue weighted by molar-refractivity contribution is 5.95. The number of amides is 2. The summed E-state index contributed by atoms with van der Waals surface area (Å²) in [6.45, 7) is 6.37. The van der Waals surface area contributed by atoms with Crippen molar-refractivity contribution < 1.29 is 9.59 Å². The van der Waals surface area contributed by atoms with Gasteiger partial charge < -0.3 is 14.4 Å². The molecular formula is C20H25N3O2. The molecule has 1 saturated heterocycles. The number of nitrogens with zero attached hydrogens (tertiary/aromatic N) is 3. The molecule has 1 aromatic carbocycles. The van der Waals surface area contributed by atoms with E-state index in [2.05, 4.69) is 6.92 Å². The van der Waals surface area contributed by atoms with Gasteiger partial charge in [-0.25, -0.2) is 0 Å². The quantitative estimate of drug-likeness (QED) is 0.862. The van der Waals surface area contributed by atoms with Crippen molar-refractivity contribution in [1.29, 1.82) is 0 Å². The minimum atomic E-state index is 0.0370. The minimum absolute atomic E-state index is 0.0370. The van der Waals surface area contributed by atoms with Crippen LogP contribution in [0.3, 0.4) is 0 Å². The van der Waals surface area contributed by atoms with Gasteiger partial charge in [0, 0.05) is 44.5 Å². The lowest BCUT2D eigenvalue weighted by atomic mass is 10.1. The van der Waals surface area contributed by atoms with E-state index in [1.54, 1.807) is 0 Å². The third-order valence-corrected chi connectivity index (χ3v) is 5.06. The molecule has 132 valence electrons. The molecule has 1 aromatic heterocycles. The Kier molecular flexibility index (Phi) is 4.93. The average Bonchev–Trinajstić information content (AvgIpc) is 2.99. The van der Waals surface area contributed by atoms with Crippen LogP contribution in [0.15, 0.2) is 36.4 Å². The van der Waals surface area contributed by atoms with Crippen molar-refractivity contribution >= 4 is 11.8 Å². The van der Waals surface area contributed by atoms with E-state index in [9.17, 15) is 9.59 Å². The van der Waals surface area contributed by atoms with Gasteiger partial charge in [-0.05, 0) is 43.2 Å². The van der Waals surface area contributed by atoms with Crippen LogP contribution in [0.4, 0.5) is 0 Å². The topological polar surface area (TPSA) is 45.6 Å². The first-order chi connectivity index (χ1) is 12.0. The predicted molar refractivity (Wildman–Crippen MR) is 97.8 cm³/mol. The average molecular weight is 339 g/mol. The zero-order valence-electron chi connectivity index (χ0n) is 15.2. The summed E-state index contributed by atoms with van der Waals surface area (Å²) < 4.78 is 1.91. The molecule has 0 spiro atoms. The van der Waals surface area contributed by atoms with E-state index >= 15 is 0 Å². The Balaban J connectivity index is 1.62. The van der Waals surface area contributed by atoms with E-state index in [1.807, 2.05) is 64.7 Å². The van der Waals surface area contributed by atoms with Crippen molar-refractivity contribution in [3.63, 3.8) is 0 Å². The number of benzene rings is 1. The van der Waals surface area contributed by atoms with Crippen LogP contribution in [0.1, 0.15) is 39.0 Å². The van der Waals surface area contributed by atoms with Gasteiger partial charge in [0.2, 0.25) is 0 Å². The van der Waals surface area contributed by atoms with Crippen LogP contribution < -0.4 is 0 Å². The Labute approximate surface area is 148 Å². The second-order valence-electron chi connectivity index (χ2n) is 6.55. The number of carbonyl (C=O) groups excluding carboxylic acids is 2. The molecule has 0 unspecified atom stereocenters. The Morgan fingerprint density at radius 1 is 0.880 bits per heavy atom. The van der Waals surface area contributed by atoms with Gasteiger partial charge in [0.25, 0.3) is 11.8 Å². The maximum absolute atomic E-state index is 12.7. The van der Waals surface area contributed by atoms with E-state index in [0.29, 0.717) is 31.9 Å². The summed E-state index contributed by atoms with van der Waals surface area (Å²) in [5.41, 5.74) is 3.71. The lowest BCUT2D eigenvalue weighted by Crippen LogP contribution is -2.50. The van der Waals surface area contributed by atoms with Crippen LogP contribution in [0.5, 0.6) is 0 Å². The summed E-state index contributed by atoms with van der Waals surface area (Å²) in [6, 6.07) is 11.6. The molecule has 2 aromatic rings. The van der Waals surface area contributed by atoms with E-state index < -0.39 is 0 Å². The fourth-order valence-corrected chi connectivity index (χ4v) is 3.17. The molecule has 25 heavy (non-hydrogen) atoms. The molecule has 2 amide bonds. The summed E-state index contributed by atoms with van der Waals surface area (Å²) >= 11 is 0. The maximum atomic E-state index is 12.7. The second kappa shape index (κ2) is 7.13. The Morgan fingerprint density at radius 2 is 1.44 bits per heavy atom. The van der Waals surface area contributed by atoms with Crippen molar-refractivity contribution in [1.82, 2.24) is 14.4 Å². The largest absolute Gasteiger partial charge is 0.344 e. The van der Waals surface area contributed by atoms with Crippen LogP contribution in [0.2, 0.25) is 0 Å². The summed E-state index contributed by atoms with van der Waals surface area (Å²) in [7, 11) is 1.91. The fourth-order valence-electron chi connectivity index (χ4n) is 3.17. The summed E-state index contributed by atoms with van der Waals surface area (Å²) in [5, 5.41) is 0. The Bertz CT molecular complexity index is 769. The summed E-state index contributed by atoms with van der Waals surface area (Å²) in [6.07, 6.45) is 0.966. The lowest BCUT2D eigenvalue weighted by Gasteiger charge is -2.35. The molecule has 0 aliphatic carbocycles. The normalized spacial score (nSPS) is 14.7. The molecule has 5 heteroatoms. The van der Waals surface area contributed by atoms with Crippen LogP contribution in [0, 0.1) is 6.92 Å². The third-order valence-electron chi connectivity index (χ3n) is 5.06. The van der Waals surface area contributed by atoms with Gasteiger partial charge in [-0.3, -0.25) is 9.59 Å². The predicted octanol–water partition coefficient (Wildman–Crippen LogP) is 2.49. The maximum Gasteiger partial charge on any atom is 0.270 e. The number of hydrogen-bond acceptors (Lipinski definition) is 2. The molecule has 0 radical (unpaired) electrons. The van der Waals surface area contributed by atoms with Gasteiger partial charge in [0.15, 0.2) is 0 Å². The number of piperazine rings is 1. The van der Waals surface area contributed by atoms with Gasteiger partial charge in [0.1, 0.15) is 5.69 Å². The molecule has 0 atom stereocenters. The van der Waals surface area contributed by atoms with Crippen molar-refractivity contribution in [2.75, 3.05) is 26.2 Å². The first-order valence-corrected chi connectivity index (χ1v) is 8.81. The highest BCUT2D eigenvalue weighted by Gasteiger charge is 2.26. The van der Waals surface area contributed by atoms with E-state index in [4.69, 9.17) is 0 Å². The standard InChI is InChI=1S/C20H25N3O2/c1-4-16-6-8-17(9-7-16)19(24)22-11-13-23(14-12-22)20(25)18-10-5-15(2)21(18)3/h5-10H,4,11-14H2,1-3H3. The summed E-state index contributed by atoms with van der Waals surface area (Å²) in [4.78, 5) is 28.9. The van der Waals surface area contributed by atoms with Crippen LogP contribution in [-0.2, 0) is 13.5 Å². The van der Waals surface area contributed by atoms with E-state index in [0.717, 1.165) is 17.7 Å². The van der Waals surface area contributed by atoms with Crippen LogP contribution in [-0.4, -0.2) is 52.4 Å². The molecule has 1 aliphatic heterocycles. The molecule has 0 saturated carbocycles. The van der Waals surface area contributed by atoms with Crippen molar-refractivity contribution in [2.24, 2.45) is 7.05 Å². The highest BCUT2D eigenvalue weighted by atomic mass is 16.2. The zero-order chi connectivity index (χ0) is 18.0. The molecule has 1 fully saturated rings. The molecule has 0 N–H and O–H groups in total. The zero-order valence-corrected chi connectivity index (χ0v) is 15.2. The molecule has 1 aliphatic rings.